The fraction of sp³-hybridized carbons (Fsp3) is 0.222. The lowest BCUT2D eigenvalue weighted by Crippen LogP contribution is -2.15. The van der Waals surface area contributed by atoms with Gasteiger partial charge in [0.05, 0.1) is 19.7 Å². The van der Waals surface area contributed by atoms with Crippen molar-refractivity contribution in [3.05, 3.63) is 47.2 Å². The lowest BCUT2D eigenvalue weighted by atomic mass is 10.1. The molecule has 5 nitrogen and oxygen atoms in total. The molecule has 0 unspecified atom stereocenters. The van der Waals surface area contributed by atoms with Crippen molar-refractivity contribution < 1.29 is 9.47 Å². The van der Waals surface area contributed by atoms with Crippen LogP contribution >= 0.6 is 11.6 Å². The van der Waals surface area contributed by atoms with Gasteiger partial charge in [0.2, 0.25) is 0 Å². The quantitative estimate of drug-likeness (QED) is 0.720. The van der Waals surface area contributed by atoms with Crippen molar-refractivity contribution >= 4 is 34.0 Å². The number of nitrogens with zero attached hydrogens (tertiary/aromatic N) is 3. The highest BCUT2D eigenvalue weighted by Gasteiger charge is 2.24. The Bertz CT molecular complexity index is 930. The summed E-state index contributed by atoms with van der Waals surface area (Å²) in [6.07, 6.45) is 2.52. The van der Waals surface area contributed by atoms with E-state index in [1.165, 1.54) is 5.56 Å². The SMILES string of the molecule is COc1cc2ncnc(N3CCc4cc(Cl)ccc43)c2cc1OC. The average Bonchev–Trinajstić information content (AvgIpc) is 3.02. The van der Waals surface area contributed by atoms with Gasteiger partial charge in [-0.25, -0.2) is 9.97 Å². The Kier molecular flexibility index (Phi) is 3.65. The molecule has 1 aliphatic heterocycles. The zero-order valence-electron chi connectivity index (χ0n) is 13.4. The standard InChI is InChI=1S/C18H16ClN3O2/c1-23-16-8-13-14(9-17(16)24-2)20-10-21-18(13)22-6-5-11-7-12(19)3-4-15(11)22/h3-4,7-10H,5-6H2,1-2H3. The van der Waals surface area contributed by atoms with Gasteiger partial charge in [-0.2, -0.15) is 0 Å². The maximum Gasteiger partial charge on any atom is 0.162 e. The van der Waals surface area contributed by atoms with Crippen LogP contribution in [0.25, 0.3) is 10.9 Å². The summed E-state index contributed by atoms with van der Waals surface area (Å²) < 4.78 is 10.8. The van der Waals surface area contributed by atoms with Crippen LogP contribution in [0.3, 0.4) is 0 Å². The van der Waals surface area contributed by atoms with Crippen LogP contribution < -0.4 is 14.4 Å². The molecule has 0 spiro atoms. The molecule has 6 heteroatoms. The molecular weight excluding hydrogens is 326 g/mol. The number of aromatic nitrogens is 2. The second-order valence-corrected chi connectivity index (χ2v) is 6.03. The first-order valence-corrected chi connectivity index (χ1v) is 8.02. The minimum atomic E-state index is 0.656. The number of benzene rings is 2. The van der Waals surface area contributed by atoms with Crippen LogP contribution in [0.15, 0.2) is 36.7 Å². The molecule has 3 aromatic rings. The van der Waals surface area contributed by atoms with Crippen molar-refractivity contribution in [3.8, 4) is 11.5 Å². The summed E-state index contributed by atoms with van der Waals surface area (Å²) in [6, 6.07) is 9.77. The summed E-state index contributed by atoms with van der Waals surface area (Å²) in [5.41, 5.74) is 3.18. The molecule has 1 aliphatic rings. The van der Waals surface area contributed by atoms with Crippen LogP contribution in [0.1, 0.15) is 5.56 Å². The Morgan fingerprint density at radius 3 is 2.62 bits per heavy atom. The molecular formula is C18H16ClN3O2. The largest absolute Gasteiger partial charge is 0.493 e. The van der Waals surface area contributed by atoms with Crippen molar-refractivity contribution in [2.24, 2.45) is 0 Å². The van der Waals surface area contributed by atoms with E-state index in [1.807, 2.05) is 30.3 Å². The summed E-state index contributed by atoms with van der Waals surface area (Å²) in [5.74, 6) is 2.18. The summed E-state index contributed by atoms with van der Waals surface area (Å²) in [5, 5.41) is 1.69. The Hall–Kier alpha value is -2.53. The first-order valence-electron chi connectivity index (χ1n) is 7.64. The monoisotopic (exact) mass is 341 g/mol. The summed E-state index contributed by atoms with van der Waals surface area (Å²) in [6.45, 7) is 0.857. The summed E-state index contributed by atoms with van der Waals surface area (Å²) in [7, 11) is 3.24. The zero-order valence-corrected chi connectivity index (χ0v) is 14.2. The lowest BCUT2D eigenvalue weighted by Gasteiger charge is -2.20. The minimum absolute atomic E-state index is 0.656. The predicted molar refractivity (Wildman–Crippen MR) is 94.8 cm³/mol. The third-order valence-corrected chi connectivity index (χ3v) is 4.55. The van der Waals surface area contributed by atoms with Gasteiger partial charge >= 0.3 is 0 Å². The molecule has 0 radical (unpaired) electrons. The Morgan fingerprint density at radius 1 is 1.04 bits per heavy atom. The Labute approximate surface area is 144 Å². The van der Waals surface area contributed by atoms with Crippen LogP contribution in [-0.2, 0) is 6.42 Å². The number of anilines is 2. The number of hydrogen-bond donors (Lipinski definition) is 0. The van der Waals surface area contributed by atoms with Crippen molar-refractivity contribution in [2.45, 2.75) is 6.42 Å². The van der Waals surface area contributed by atoms with Crippen molar-refractivity contribution in [2.75, 3.05) is 25.7 Å². The van der Waals surface area contributed by atoms with E-state index in [0.29, 0.717) is 11.5 Å². The average molecular weight is 342 g/mol. The predicted octanol–water partition coefficient (Wildman–Crippen LogP) is 3.99. The van der Waals surface area contributed by atoms with Gasteiger partial charge < -0.3 is 14.4 Å². The maximum atomic E-state index is 6.11. The van der Waals surface area contributed by atoms with Crippen molar-refractivity contribution in [3.63, 3.8) is 0 Å². The second kappa shape index (κ2) is 5.83. The summed E-state index contributed by atoms with van der Waals surface area (Å²) in [4.78, 5) is 11.1. The molecule has 1 aromatic heterocycles. The van der Waals surface area contributed by atoms with Gasteiger partial charge in [-0.05, 0) is 36.2 Å². The summed E-state index contributed by atoms with van der Waals surface area (Å²) >= 11 is 6.11. The van der Waals surface area contributed by atoms with E-state index in [2.05, 4.69) is 14.9 Å². The molecule has 0 bridgehead atoms. The third kappa shape index (κ3) is 2.32. The molecule has 122 valence electrons. The van der Waals surface area contributed by atoms with E-state index in [9.17, 15) is 0 Å². The number of ether oxygens (including phenoxy) is 2. The molecule has 0 aliphatic carbocycles. The highest BCUT2D eigenvalue weighted by molar-refractivity contribution is 6.30. The van der Waals surface area contributed by atoms with E-state index in [4.69, 9.17) is 21.1 Å². The van der Waals surface area contributed by atoms with E-state index in [-0.39, 0.29) is 0 Å². The molecule has 2 aromatic carbocycles. The van der Waals surface area contributed by atoms with Gasteiger partial charge in [0, 0.05) is 28.7 Å². The fourth-order valence-corrected chi connectivity index (χ4v) is 3.37. The topological polar surface area (TPSA) is 47.5 Å². The van der Waals surface area contributed by atoms with Crippen LogP contribution in [0.5, 0.6) is 11.5 Å². The molecule has 4 rings (SSSR count). The fourth-order valence-electron chi connectivity index (χ4n) is 3.17. The van der Waals surface area contributed by atoms with E-state index in [0.717, 1.165) is 40.4 Å². The third-order valence-electron chi connectivity index (χ3n) is 4.31. The van der Waals surface area contributed by atoms with E-state index in [1.54, 1.807) is 20.5 Å². The van der Waals surface area contributed by atoms with Gasteiger partial charge in [-0.3, -0.25) is 0 Å². The Morgan fingerprint density at radius 2 is 1.83 bits per heavy atom. The van der Waals surface area contributed by atoms with Gasteiger partial charge in [0.15, 0.2) is 11.5 Å². The Balaban J connectivity index is 1.89. The number of fused-ring (bicyclic) bond motifs is 2. The molecule has 0 N–H and O–H groups in total. The van der Waals surface area contributed by atoms with Gasteiger partial charge in [-0.15, -0.1) is 0 Å². The lowest BCUT2D eigenvalue weighted by molar-refractivity contribution is 0.356. The van der Waals surface area contributed by atoms with Crippen LogP contribution in [0.4, 0.5) is 11.5 Å². The molecule has 2 heterocycles. The van der Waals surface area contributed by atoms with Crippen molar-refractivity contribution in [1.29, 1.82) is 0 Å². The number of methoxy groups -OCH3 is 2. The first kappa shape index (κ1) is 15.0. The molecule has 24 heavy (non-hydrogen) atoms. The highest BCUT2D eigenvalue weighted by atomic mass is 35.5. The maximum absolute atomic E-state index is 6.11. The number of rotatable bonds is 3. The normalized spacial score (nSPS) is 13.2. The highest BCUT2D eigenvalue weighted by Crippen LogP contribution is 2.40. The number of halogens is 1. The van der Waals surface area contributed by atoms with Gasteiger partial charge in [0.25, 0.3) is 0 Å². The minimum Gasteiger partial charge on any atom is -0.493 e. The van der Waals surface area contributed by atoms with Crippen LogP contribution in [-0.4, -0.2) is 30.7 Å². The zero-order chi connectivity index (χ0) is 16.7. The molecule has 0 saturated heterocycles. The smallest absolute Gasteiger partial charge is 0.162 e. The van der Waals surface area contributed by atoms with E-state index >= 15 is 0 Å². The van der Waals surface area contributed by atoms with Gasteiger partial charge in [-0.1, -0.05) is 11.6 Å². The second-order valence-electron chi connectivity index (χ2n) is 5.60. The van der Waals surface area contributed by atoms with Crippen LogP contribution in [0, 0.1) is 0 Å². The van der Waals surface area contributed by atoms with Gasteiger partial charge in [0.1, 0.15) is 12.1 Å². The van der Waals surface area contributed by atoms with Crippen LogP contribution in [0.2, 0.25) is 5.02 Å². The number of hydrogen-bond acceptors (Lipinski definition) is 5. The van der Waals surface area contributed by atoms with Crippen molar-refractivity contribution in [1.82, 2.24) is 9.97 Å². The van der Waals surface area contributed by atoms with E-state index < -0.39 is 0 Å². The first-order chi connectivity index (χ1) is 11.7. The molecule has 0 atom stereocenters. The molecule has 0 amide bonds. The molecule has 0 saturated carbocycles. The molecule has 0 fully saturated rings.